The highest BCUT2D eigenvalue weighted by Gasteiger charge is 2.45. The van der Waals surface area contributed by atoms with Gasteiger partial charge in [0.1, 0.15) is 19.1 Å². The van der Waals surface area contributed by atoms with E-state index in [1.54, 1.807) is 7.05 Å². The molecule has 5 nitrogen and oxygen atoms in total. The molecular formula is C14H16F4N4O. The number of halogens is 4. The number of alkyl halides is 4. The number of nitrogens with two attached hydrogens (primary N) is 1. The van der Waals surface area contributed by atoms with Crippen molar-refractivity contribution in [1.29, 1.82) is 0 Å². The third-order valence-electron chi connectivity index (χ3n) is 3.34. The lowest BCUT2D eigenvalue weighted by Crippen LogP contribution is -2.36. The lowest BCUT2D eigenvalue weighted by atomic mass is 10.0. The number of nitrogens with zero attached hydrogens (tertiary/aromatic N) is 3. The molecule has 23 heavy (non-hydrogen) atoms. The average Bonchev–Trinajstić information content (AvgIpc) is 3.31. The summed E-state index contributed by atoms with van der Waals surface area (Å²) >= 11 is 0. The van der Waals surface area contributed by atoms with Crippen LogP contribution in [0, 0.1) is 0 Å². The van der Waals surface area contributed by atoms with Crippen LogP contribution < -0.4 is 5.73 Å². The molecule has 0 bridgehead atoms. The number of rotatable bonds is 4. The van der Waals surface area contributed by atoms with Gasteiger partial charge in [0.25, 0.3) is 0 Å². The average molecular weight is 332 g/mol. The molecule has 2 atom stereocenters. The Morgan fingerprint density at radius 3 is 2.65 bits per heavy atom. The zero-order valence-electron chi connectivity index (χ0n) is 12.5. The predicted octanol–water partition coefficient (Wildman–Crippen LogP) is 2.48. The standard InChI is InChI=1S/C14H16F4N4O/c1-20-7-21-13(19)22(2)12-11(23-12)9-3-8(6-15)4-10(5-9)14(16,17)18/h3-5,7,11-12H,6H2,1-2H3,(H2,19,20,21). The minimum Gasteiger partial charge on any atom is -0.369 e. The van der Waals surface area contributed by atoms with E-state index in [9.17, 15) is 17.6 Å². The van der Waals surface area contributed by atoms with Crippen LogP contribution in [-0.4, -0.2) is 37.5 Å². The summed E-state index contributed by atoms with van der Waals surface area (Å²) in [5.74, 6) is 0.112. The highest BCUT2D eigenvalue weighted by atomic mass is 19.4. The third kappa shape index (κ3) is 3.98. The molecular weight excluding hydrogens is 316 g/mol. The zero-order chi connectivity index (χ0) is 17.2. The maximum Gasteiger partial charge on any atom is 0.416 e. The van der Waals surface area contributed by atoms with Crippen molar-refractivity contribution in [3.63, 3.8) is 0 Å². The lowest BCUT2D eigenvalue weighted by molar-refractivity contribution is -0.137. The topological polar surface area (TPSA) is 66.5 Å². The lowest BCUT2D eigenvalue weighted by Gasteiger charge is -2.15. The molecule has 1 heterocycles. The molecule has 126 valence electrons. The molecule has 1 aromatic carbocycles. The monoisotopic (exact) mass is 332 g/mol. The summed E-state index contributed by atoms with van der Waals surface area (Å²) in [5, 5.41) is 0. The van der Waals surface area contributed by atoms with Gasteiger partial charge in [0.2, 0.25) is 0 Å². The van der Waals surface area contributed by atoms with Crippen LogP contribution >= 0.6 is 0 Å². The van der Waals surface area contributed by atoms with E-state index in [0.717, 1.165) is 12.1 Å². The van der Waals surface area contributed by atoms with Crippen LogP contribution in [0.5, 0.6) is 0 Å². The SMILES string of the molecule is CN=CN=C(N)N(C)C1OC1c1cc(CF)cc(C(F)(F)F)c1. The minimum absolute atomic E-state index is 0.0496. The van der Waals surface area contributed by atoms with Crippen LogP contribution in [-0.2, 0) is 17.6 Å². The van der Waals surface area contributed by atoms with Gasteiger partial charge in [-0.15, -0.1) is 0 Å². The van der Waals surface area contributed by atoms with Crippen LogP contribution in [0.15, 0.2) is 28.2 Å². The summed E-state index contributed by atoms with van der Waals surface area (Å²) in [5.41, 5.74) is 5.00. The number of hydrogen-bond acceptors (Lipinski definition) is 2. The second kappa shape index (κ2) is 6.53. The van der Waals surface area contributed by atoms with Gasteiger partial charge in [-0.2, -0.15) is 13.2 Å². The van der Waals surface area contributed by atoms with Crippen molar-refractivity contribution in [2.24, 2.45) is 15.7 Å². The summed E-state index contributed by atoms with van der Waals surface area (Å²) in [6.07, 6.45) is -4.48. The maximum atomic E-state index is 12.9. The van der Waals surface area contributed by atoms with Gasteiger partial charge in [0, 0.05) is 14.1 Å². The van der Waals surface area contributed by atoms with Crippen molar-refractivity contribution < 1.29 is 22.3 Å². The molecule has 0 saturated carbocycles. The Labute approximate surface area is 130 Å². The Morgan fingerprint density at radius 2 is 2.09 bits per heavy atom. The van der Waals surface area contributed by atoms with E-state index in [4.69, 9.17) is 10.5 Å². The van der Waals surface area contributed by atoms with E-state index >= 15 is 0 Å². The van der Waals surface area contributed by atoms with Crippen LogP contribution in [0.1, 0.15) is 22.8 Å². The number of benzene rings is 1. The first-order chi connectivity index (χ1) is 10.8. The van der Waals surface area contributed by atoms with Gasteiger partial charge in [-0.25, -0.2) is 9.38 Å². The number of ether oxygens (including phenoxy) is 1. The zero-order valence-corrected chi connectivity index (χ0v) is 12.5. The summed E-state index contributed by atoms with van der Waals surface area (Å²) in [6, 6.07) is 3.10. The van der Waals surface area contributed by atoms with Crippen LogP contribution in [0.25, 0.3) is 0 Å². The van der Waals surface area contributed by atoms with Crippen molar-refractivity contribution in [1.82, 2.24) is 4.90 Å². The molecule has 1 aromatic rings. The first kappa shape index (κ1) is 17.2. The van der Waals surface area contributed by atoms with E-state index in [1.165, 1.54) is 24.4 Å². The van der Waals surface area contributed by atoms with Crippen molar-refractivity contribution in [3.8, 4) is 0 Å². The van der Waals surface area contributed by atoms with Gasteiger partial charge in [-0.3, -0.25) is 4.99 Å². The quantitative estimate of drug-likeness (QED) is 0.399. The second-order valence-electron chi connectivity index (χ2n) is 5.01. The molecule has 9 heteroatoms. The molecule has 0 spiro atoms. The van der Waals surface area contributed by atoms with Crippen LogP contribution in [0.2, 0.25) is 0 Å². The molecule has 2 N–H and O–H groups in total. The van der Waals surface area contributed by atoms with Crippen molar-refractivity contribution >= 4 is 12.3 Å². The maximum absolute atomic E-state index is 12.9. The Balaban J connectivity index is 2.21. The van der Waals surface area contributed by atoms with E-state index < -0.39 is 30.7 Å². The highest BCUT2D eigenvalue weighted by Crippen LogP contribution is 2.42. The van der Waals surface area contributed by atoms with E-state index in [0.29, 0.717) is 0 Å². The van der Waals surface area contributed by atoms with Crippen LogP contribution in [0.4, 0.5) is 17.6 Å². The molecule has 0 radical (unpaired) electrons. The number of likely N-dealkylation sites (N-methyl/N-ethyl adjacent to an activating group) is 1. The molecule has 0 aliphatic carbocycles. The van der Waals surface area contributed by atoms with E-state index in [2.05, 4.69) is 9.98 Å². The minimum atomic E-state index is -4.55. The highest BCUT2D eigenvalue weighted by molar-refractivity contribution is 5.85. The van der Waals surface area contributed by atoms with E-state index in [1.807, 2.05) is 0 Å². The fourth-order valence-corrected chi connectivity index (χ4v) is 2.10. The predicted molar refractivity (Wildman–Crippen MR) is 77.7 cm³/mol. The Kier molecular flexibility index (Phi) is 4.88. The number of epoxide rings is 1. The fraction of sp³-hybridized carbons (Fsp3) is 0.429. The summed E-state index contributed by atoms with van der Waals surface area (Å²) in [7, 11) is 3.12. The second-order valence-corrected chi connectivity index (χ2v) is 5.01. The molecule has 2 unspecified atom stereocenters. The van der Waals surface area contributed by atoms with Gasteiger partial charge in [-0.1, -0.05) is 6.07 Å². The van der Waals surface area contributed by atoms with Gasteiger partial charge in [0.05, 0.1) is 5.56 Å². The Hall–Kier alpha value is -2.16. The number of hydrogen-bond donors (Lipinski definition) is 1. The molecule has 1 aliphatic rings. The third-order valence-corrected chi connectivity index (χ3v) is 3.34. The largest absolute Gasteiger partial charge is 0.416 e. The normalized spacial score (nSPS) is 21.7. The molecule has 0 amide bonds. The van der Waals surface area contributed by atoms with E-state index in [-0.39, 0.29) is 17.1 Å². The molecule has 1 fully saturated rings. The molecule has 1 saturated heterocycles. The molecule has 1 aliphatic heterocycles. The van der Waals surface area contributed by atoms with Gasteiger partial charge < -0.3 is 15.4 Å². The first-order valence-electron chi connectivity index (χ1n) is 6.67. The van der Waals surface area contributed by atoms with Crippen LogP contribution in [0.3, 0.4) is 0 Å². The Bertz CT molecular complexity index is 630. The fourth-order valence-electron chi connectivity index (χ4n) is 2.10. The van der Waals surface area contributed by atoms with Crippen molar-refractivity contribution in [3.05, 3.63) is 34.9 Å². The summed E-state index contributed by atoms with van der Waals surface area (Å²) in [4.78, 5) is 8.95. The van der Waals surface area contributed by atoms with Gasteiger partial charge in [-0.05, 0) is 23.3 Å². The van der Waals surface area contributed by atoms with Gasteiger partial charge >= 0.3 is 6.18 Å². The number of guanidine groups is 1. The first-order valence-corrected chi connectivity index (χ1v) is 6.67. The number of aliphatic imine (C=N–C) groups is 2. The molecule has 2 rings (SSSR count). The molecule has 0 aromatic heterocycles. The van der Waals surface area contributed by atoms with Crippen molar-refractivity contribution in [2.75, 3.05) is 14.1 Å². The Morgan fingerprint density at radius 1 is 1.39 bits per heavy atom. The van der Waals surface area contributed by atoms with Crippen molar-refractivity contribution in [2.45, 2.75) is 25.2 Å². The van der Waals surface area contributed by atoms with Gasteiger partial charge in [0.15, 0.2) is 12.2 Å². The summed E-state index contributed by atoms with van der Waals surface area (Å²) in [6.45, 7) is -0.985. The smallest absolute Gasteiger partial charge is 0.369 e. The summed E-state index contributed by atoms with van der Waals surface area (Å²) < 4.78 is 56.8.